The van der Waals surface area contributed by atoms with Crippen molar-refractivity contribution in [2.24, 2.45) is 0 Å². The molecule has 0 aliphatic heterocycles. The highest BCUT2D eigenvalue weighted by Gasteiger charge is 2.22. The molecule has 6 nitrogen and oxygen atoms in total. The SMILES string of the molecule is COc1ccc(C(C)C(=O)NC(C)c2nc(C)c(C(=O)O)s2)cc1. The Balaban J connectivity index is 2.07. The number of hydrogen-bond donors (Lipinski definition) is 2. The van der Waals surface area contributed by atoms with E-state index < -0.39 is 5.97 Å². The molecule has 0 saturated carbocycles. The average molecular weight is 348 g/mol. The quantitative estimate of drug-likeness (QED) is 0.837. The third-order valence-corrected chi connectivity index (χ3v) is 5.07. The smallest absolute Gasteiger partial charge is 0.347 e. The monoisotopic (exact) mass is 348 g/mol. The summed E-state index contributed by atoms with van der Waals surface area (Å²) in [6.07, 6.45) is 0. The summed E-state index contributed by atoms with van der Waals surface area (Å²) < 4.78 is 5.11. The molecule has 0 aliphatic carbocycles. The third-order valence-electron chi connectivity index (χ3n) is 3.75. The van der Waals surface area contributed by atoms with E-state index in [1.54, 1.807) is 21.0 Å². The molecular weight excluding hydrogens is 328 g/mol. The zero-order valence-corrected chi connectivity index (χ0v) is 14.8. The first-order valence-electron chi connectivity index (χ1n) is 7.48. The predicted molar refractivity (Wildman–Crippen MR) is 91.8 cm³/mol. The lowest BCUT2D eigenvalue weighted by Crippen LogP contribution is -2.30. The van der Waals surface area contributed by atoms with Crippen LogP contribution in [0.15, 0.2) is 24.3 Å². The number of carbonyl (C=O) groups is 2. The number of amides is 1. The molecule has 7 heteroatoms. The van der Waals surface area contributed by atoms with Gasteiger partial charge in [-0.15, -0.1) is 11.3 Å². The van der Waals surface area contributed by atoms with Gasteiger partial charge in [0, 0.05) is 0 Å². The maximum Gasteiger partial charge on any atom is 0.347 e. The fourth-order valence-corrected chi connectivity index (χ4v) is 3.15. The Morgan fingerprint density at radius 1 is 1.25 bits per heavy atom. The first kappa shape index (κ1) is 17.9. The minimum absolute atomic E-state index is 0.141. The molecule has 0 bridgehead atoms. The van der Waals surface area contributed by atoms with Crippen LogP contribution in [0.3, 0.4) is 0 Å². The highest BCUT2D eigenvalue weighted by Crippen LogP contribution is 2.25. The number of rotatable bonds is 6. The van der Waals surface area contributed by atoms with E-state index >= 15 is 0 Å². The van der Waals surface area contributed by atoms with Gasteiger partial charge in [0.05, 0.1) is 24.8 Å². The van der Waals surface area contributed by atoms with Gasteiger partial charge in [-0.2, -0.15) is 0 Å². The van der Waals surface area contributed by atoms with Gasteiger partial charge in [0.2, 0.25) is 5.91 Å². The van der Waals surface area contributed by atoms with Crippen molar-refractivity contribution in [2.45, 2.75) is 32.7 Å². The van der Waals surface area contributed by atoms with E-state index in [2.05, 4.69) is 10.3 Å². The molecule has 0 saturated heterocycles. The van der Waals surface area contributed by atoms with Crippen molar-refractivity contribution in [3.05, 3.63) is 45.4 Å². The number of hydrogen-bond acceptors (Lipinski definition) is 5. The first-order chi connectivity index (χ1) is 11.3. The standard InChI is InChI=1S/C17H20N2O4S/c1-9(12-5-7-13(23-4)8-6-12)15(20)18-11(3)16-19-10(2)14(24-16)17(21)22/h5-9,11H,1-4H3,(H,18,20)(H,21,22). The summed E-state index contributed by atoms with van der Waals surface area (Å²) >= 11 is 1.09. The largest absolute Gasteiger partial charge is 0.497 e. The average Bonchev–Trinajstić information content (AvgIpc) is 2.96. The predicted octanol–water partition coefficient (Wildman–Crippen LogP) is 3.14. The minimum atomic E-state index is -0.999. The number of nitrogens with zero attached hydrogens (tertiary/aromatic N) is 1. The third kappa shape index (κ3) is 3.91. The fourth-order valence-electron chi connectivity index (χ4n) is 2.25. The molecule has 1 heterocycles. The number of methoxy groups -OCH3 is 1. The number of aromatic nitrogens is 1. The lowest BCUT2D eigenvalue weighted by molar-refractivity contribution is -0.122. The molecular formula is C17H20N2O4S. The topological polar surface area (TPSA) is 88.5 Å². The minimum Gasteiger partial charge on any atom is -0.497 e. The van der Waals surface area contributed by atoms with Crippen LogP contribution in [0, 0.1) is 6.92 Å². The summed E-state index contributed by atoms with van der Waals surface area (Å²) in [7, 11) is 1.59. The fraction of sp³-hybridized carbons (Fsp3) is 0.353. The van der Waals surface area contributed by atoms with Gasteiger partial charge in [0.25, 0.3) is 0 Å². The number of nitrogens with one attached hydrogen (secondary N) is 1. The Labute approximate surface area is 144 Å². The maximum absolute atomic E-state index is 12.4. The van der Waals surface area contributed by atoms with E-state index in [-0.39, 0.29) is 22.7 Å². The Morgan fingerprint density at radius 3 is 2.38 bits per heavy atom. The number of thiazole rings is 1. The zero-order valence-electron chi connectivity index (χ0n) is 14.0. The molecule has 1 aromatic carbocycles. The Kier molecular flexibility index (Phi) is 5.56. The second-order valence-corrected chi connectivity index (χ2v) is 6.53. The van der Waals surface area contributed by atoms with Crippen LogP contribution in [0.25, 0.3) is 0 Å². The van der Waals surface area contributed by atoms with E-state index in [0.29, 0.717) is 10.7 Å². The molecule has 2 aromatic rings. The molecule has 2 N–H and O–H groups in total. The van der Waals surface area contributed by atoms with Gasteiger partial charge in [-0.05, 0) is 38.5 Å². The maximum atomic E-state index is 12.4. The summed E-state index contributed by atoms with van der Waals surface area (Å²) in [5, 5.41) is 12.6. The van der Waals surface area contributed by atoms with E-state index in [1.807, 2.05) is 31.2 Å². The zero-order chi connectivity index (χ0) is 17.9. The van der Waals surface area contributed by atoms with E-state index in [1.165, 1.54) is 0 Å². The van der Waals surface area contributed by atoms with Crippen LogP contribution in [0.4, 0.5) is 0 Å². The molecule has 0 fully saturated rings. The number of carboxylic acids is 1. The highest BCUT2D eigenvalue weighted by atomic mass is 32.1. The van der Waals surface area contributed by atoms with Crippen LogP contribution in [-0.4, -0.2) is 29.1 Å². The number of benzene rings is 1. The van der Waals surface area contributed by atoms with Gasteiger partial charge in [-0.3, -0.25) is 4.79 Å². The number of ether oxygens (including phenoxy) is 1. The summed E-state index contributed by atoms with van der Waals surface area (Å²) in [5.74, 6) is -0.740. The molecule has 1 aromatic heterocycles. The summed E-state index contributed by atoms with van der Waals surface area (Å²) in [6, 6.07) is 6.97. The highest BCUT2D eigenvalue weighted by molar-refractivity contribution is 7.13. The Bertz CT molecular complexity index is 740. The van der Waals surface area contributed by atoms with Crippen LogP contribution in [0.1, 0.15) is 51.7 Å². The molecule has 0 aliphatic rings. The lowest BCUT2D eigenvalue weighted by Gasteiger charge is -2.16. The van der Waals surface area contributed by atoms with E-state index in [0.717, 1.165) is 22.6 Å². The molecule has 0 spiro atoms. The van der Waals surface area contributed by atoms with Gasteiger partial charge in [0.1, 0.15) is 15.6 Å². The summed E-state index contributed by atoms with van der Waals surface area (Å²) in [6.45, 7) is 5.26. The summed E-state index contributed by atoms with van der Waals surface area (Å²) in [5.41, 5.74) is 1.34. The molecule has 2 unspecified atom stereocenters. The lowest BCUT2D eigenvalue weighted by atomic mass is 10.00. The molecule has 0 radical (unpaired) electrons. The molecule has 2 atom stereocenters. The second kappa shape index (κ2) is 7.44. The van der Waals surface area contributed by atoms with Crippen molar-refractivity contribution < 1.29 is 19.4 Å². The van der Waals surface area contributed by atoms with E-state index in [9.17, 15) is 9.59 Å². The van der Waals surface area contributed by atoms with Crippen LogP contribution < -0.4 is 10.1 Å². The van der Waals surface area contributed by atoms with Gasteiger partial charge < -0.3 is 15.2 Å². The molecule has 1 amide bonds. The number of aromatic carboxylic acids is 1. The Hall–Kier alpha value is -2.41. The van der Waals surface area contributed by atoms with Crippen molar-refractivity contribution in [3.8, 4) is 5.75 Å². The van der Waals surface area contributed by atoms with Crippen LogP contribution in [-0.2, 0) is 4.79 Å². The number of carboxylic acid groups (broad SMARTS) is 1. The molecule has 128 valence electrons. The van der Waals surface area contributed by atoms with Crippen molar-refractivity contribution in [1.29, 1.82) is 0 Å². The number of carbonyl (C=O) groups excluding carboxylic acids is 1. The Morgan fingerprint density at radius 2 is 1.88 bits per heavy atom. The van der Waals surface area contributed by atoms with Gasteiger partial charge in [-0.25, -0.2) is 9.78 Å². The second-order valence-electron chi connectivity index (χ2n) is 5.50. The first-order valence-corrected chi connectivity index (χ1v) is 8.30. The van der Waals surface area contributed by atoms with Crippen LogP contribution in [0.2, 0.25) is 0 Å². The van der Waals surface area contributed by atoms with Crippen molar-refractivity contribution >= 4 is 23.2 Å². The summed E-state index contributed by atoms with van der Waals surface area (Å²) in [4.78, 5) is 28.0. The van der Waals surface area contributed by atoms with Gasteiger partial charge in [0.15, 0.2) is 0 Å². The van der Waals surface area contributed by atoms with Gasteiger partial charge >= 0.3 is 5.97 Å². The van der Waals surface area contributed by atoms with E-state index in [4.69, 9.17) is 9.84 Å². The normalized spacial score (nSPS) is 13.2. The molecule has 24 heavy (non-hydrogen) atoms. The van der Waals surface area contributed by atoms with Crippen molar-refractivity contribution in [3.63, 3.8) is 0 Å². The van der Waals surface area contributed by atoms with Crippen molar-refractivity contribution in [1.82, 2.24) is 10.3 Å². The van der Waals surface area contributed by atoms with Gasteiger partial charge in [-0.1, -0.05) is 12.1 Å². The van der Waals surface area contributed by atoms with Crippen LogP contribution >= 0.6 is 11.3 Å². The molecule has 2 rings (SSSR count). The van der Waals surface area contributed by atoms with Crippen molar-refractivity contribution in [2.75, 3.05) is 7.11 Å². The van der Waals surface area contributed by atoms with Crippen LogP contribution in [0.5, 0.6) is 5.75 Å². The number of aryl methyl sites for hydroxylation is 1.